The second-order valence-electron chi connectivity index (χ2n) is 9.26. The van der Waals surface area contributed by atoms with Crippen LogP contribution in [0.2, 0.25) is 0 Å². The zero-order valence-electron chi connectivity index (χ0n) is 20.9. The van der Waals surface area contributed by atoms with Crippen LogP contribution in [0.5, 0.6) is 5.75 Å². The van der Waals surface area contributed by atoms with Crippen LogP contribution < -0.4 is 4.87 Å². The first-order chi connectivity index (χ1) is 18.0. The summed E-state index contributed by atoms with van der Waals surface area (Å²) >= 11 is 1.04. The van der Waals surface area contributed by atoms with E-state index in [1.54, 1.807) is 21.9 Å². The fourth-order valence-electron chi connectivity index (χ4n) is 4.87. The molecule has 1 fully saturated rings. The van der Waals surface area contributed by atoms with Crippen LogP contribution in [0.1, 0.15) is 43.2 Å². The highest BCUT2D eigenvalue weighted by Gasteiger charge is 2.25. The highest BCUT2D eigenvalue weighted by molar-refractivity contribution is 7.16. The highest BCUT2D eigenvalue weighted by atomic mass is 32.1. The normalized spacial score (nSPS) is 13.8. The van der Waals surface area contributed by atoms with Crippen molar-refractivity contribution in [2.75, 3.05) is 19.7 Å². The molecule has 0 radical (unpaired) electrons. The van der Waals surface area contributed by atoms with E-state index in [2.05, 4.69) is 11.6 Å². The Labute approximate surface area is 220 Å². The smallest absolute Gasteiger partial charge is 0.410 e. The molecule has 0 unspecified atom stereocenters. The lowest BCUT2D eigenvalue weighted by Gasteiger charge is -2.33. The van der Waals surface area contributed by atoms with Gasteiger partial charge in [0.05, 0.1) is 11.2 Å². The van der Waals surface area contributed by atoms with Crippen molar-refractivity contribution in [1.29, 1.82) is 0 Å². The minimum absolute atomic E-state index is 0.0224. The molecule has 2 N–H and O–H groups in total. The monoisotopic (exact) mass is 523 g/mol. The summed E-state index contributed by atoms with van der Waals surface area (Å²) < 4.78 is 6.34. The summed E-state index contributed by atoms with van der Waals surface area (Å²) in [4.78, 5) is 43.3. The number of aromatic hydroxyl groups is 1. The number of hydrogen-bond donors (Lipinski definition) is 2. The lowest BCUT2D eigenvalue weighted by atomic mass is 9.94. The summed E-state index contributed by atoms with van der Waals surface area (Å²) in [6.07, 6.45) is 6.63. The number of H-pyrrole nitrogens is 1. The van der Waals surface area contributed by atoms with Crippen molar-refractivity contribution in [3.8, 4) is 5.75 Å². The number of nitrogens with zero attached hydrogens (tertiary/aromatic N) is 2. The van der Waals surface area contributed by atoms with E-state index in [9.17, 15) is 19.5 Å². The molecular formula is C28H33N3O5S. The lowest BCUT2D eigenvalue weighted by molar-refractivity contribution is -0.129. The number of rotatable bonds is 10. The van der Waals surface area contributed by atoms with E-state index in [4.69, 9.17) is 4.74 Å². The molecule has 0 atom stereocenters. The standard InChI is InChI=1S/C28H33N3O5S/c1-2-24(33)31(22-11-7-4-8-12-22)17-18-36-28(35)30(19-20-9-5-3-6-10-20)16-15-21-13-14-23(32)25-26(21)37-27(34)29-25/h2-3,5-6,9-10,13-14,22,32H,1,4,7-8,11-12,15-19H2,(H,29,34). The molecule has 0 spiro atoms. The second-order valence-corrected chi connectivity index (χ2v) is 10.2. The first-order valence-corrected chi connectivity index (χ1v) is 13.5. The molecule has 1 aliphatic rings. The first kappa shape index (κ1) is 26.5. The fraction of sp³-hybridized carbons (Fsp3) is 0.393. The van der Waals surface area contributed by atoms with Gasteiger partial charge in [0.2, 0.25) is 5.91 Å². The van der Waals surface area contributed by atoms with Gasteiger partial charge in [0, 0.05) is 19.1 Å². The number of carbonyl (C=O) groups excluding carboxylic acids is 2. The van der Waals surface area contributed by atoms with E-state index in [0.717, 1.165) is 48.1 Å². The van der Waals surface area contributed by atoms with Crippen molar-refractivity contribution in [2.45, 2.75) is 51.1 Å². The number of phenols is 1. The van der Waals surface area contributed by atoms with E-state index >= 15 is 0 Å². The van der Waals surface area contributed by atoms with Gasteiger partial charge >= 0.3 is 11.0 Å². The summed E-state index contributed by atoms with van der Waals surface area (Å²) in [7, 11) is 0. The number of hydrogen-bond acceptors (Lipinski definition) is 6. The topological polar surface area (TPSA) is 103 Å². The van der Waals surface area contributed by atoms with E-state index in [0.29, 0.717) is 36.3 Å². The predicted octanol–water partition coefficient (Wildman–Crippen LogP) is 4.82. The molecule has 3 aromatic rings. The van der Waals surface area contributed by atoms with Gasteiger partial charge in [-0.3, -0.25) is 9.59 Å². The summed E-state index contributed by atoms with van der Waals surface area (Å²) in [5.41, 5.74) is 2.24. The van der Waals surface area contributed by atoms with Crippen LogP contribution >= 0.6 is 11.3 Å². The number of carbonyl (C=O) groups is 2. The number of fused-ring (bicyclic) bond motifs is 1. The van der Waals surface area contributed by atoms with Gasteiger partial charge < -0.3 is 24.6 Å². The molecule has 0 aliphatic heterocycles. The van der Waals surface area contributed by atoms with Crippen LogP contribution in [0.15, 0.2) is 59.9 Å². The number of amides is 2. The van der Waals surface area contributed by atoms with Gasteiger partial charge in [0.15, 0.2) is 0 Å². The van der Waals surface area contributed by atoms with E-state index in [1.165, 1.54) is 12.5 Å². The minimum atomic E-state index is -0.462. The fourth-order valence-corrected chi connectivity index (χ4v) is 5.77. The molecule has 8 nitrogen and oxygen atoms in total. The van der Waals surface area contributed by atoms with Crippen LogP contribution in [0, 0.1) is 0 Å². The molecule has 1 saturated carbocycles. The molecule has 2 amide bonds. The van der Waals surface area contributed by atoms with Gasteiger partial charge in [0.25, 0.3) is 0 Å². The number of aromatic amines is 1. The Morgan fingerprint density at radius 2 is 1.86 bits per heavy atom. The van der Waals surface area contributed by atoms with E-state index in [1.807, 2.05) is 30.3 Å². The summed E-state index contributed by atoms with van der Waals surface area (Å²) in [6, 6.07) is 13.1. The number of thiazole rings is 1. The van der Waals surface area contributed by atoms with Crippen molar-refractivity contribution in [1.82, 2.24) is 14.8 Å². The predicted molar refractivity (Wildman–Crippen MR) is 145 cm³/mol. The molecule has 37 heavy (non-hydrogen) atoms. The highest BCUT2D eigenvalue weighted by Crippen LogP contribution is 2.28. The van der Waals surface area contributed by atoms with Crippen molar-refractivity contribution >= 4 is 33.6 Å². The Morgan fingerprint density at radius 3 is 2.59 bits per heavy atom. The maximum absolute atomic E-state index is 13.2. The van der Waals surface area contributed by atoms with Gasteiger partial charge in [-0.05, 0) is 42.5 Å². The first-order valence-electron chi connectivity index (χ1n) is 12.7. The third-order valence-corrected chi connectivity index (χ3v) is 7.75. The SMILES string of the molecule is C=CC(=O)N(CCOC(=O)N(CCc1ccc(O)c2[nH]c(=O)sc12)Cc1ccccc1)C1CCCCC1. The molecule has 4 rings (SSSR count). The third kappa shape index (κ3) is 6.80. The molecule has 0 saturated heterocycles. The average Bonchev–Trinajstić information content (AvgIpc) is 3.33. The zero-order valence-corrected chi connectivity index (χ0v) is 21.7. The lowest BCUT2D eigenvalue weighted by Crippen LogP contribution is -2.43. The molecule has 1 aliphatic carbocycles. The Kier molecular flexibility index (Phi) is 9.00. The van der Waals surface area contributed by atoms with Crippen molar-refractivity contribution in [2.24, 2.45) is 0 Å². The van der Waals surface area contributed by atoms with Crippen molar-refractivity contribution < 1.29 is 19.4 Å². The quantitative estimate of drug-likeness (QED) is 0.371. The summed E-state index contributed by atoms with van der Waals surface area (Å²) in [5.74, 6) is -0.111. The van der Waals surface area contributed by atoms with Crippen LogP contribution in [0.4, 0.5) is 4.79 Å². The Balaban J connectivity index is 1.43. The Hall–Kier alpha value is -3.59. The largest absolute Gasteiger partial charge is 0.506 e. The van der Waals surface area contributed by atoms with Gasteiger partial charge in [-0.15, -0.1) is 0 Å². The molecule has 1 aromatic heterocycles. The van der Waals surface area contributed by atoms with Crippen LogP contribution in [0.25, 0.3) is 10.2 Å². The number of nitrogens with one attached hydrogen (secondary N) is 1. The third-order valence-electron chi connectivity index (χ3n) is 6.80. The maximum Gasteiger partial charge on any atom is 0.410 e. The van der Waals surface area contributed by atoms with Gasteiger partial charge in [-0.25, -0.2) is 4.79 Å². The molecule has 1 heterocycles. The number of aromatic nitrogens is 1. The summed E-state index contributed by atoms with van der Waals surface area (Å²) in [6.45, 7) is 4.78. The Bertz CT molecular complexity index is 1280. The zero-order chi connectivity index (χ0) is 26.2. The van der Waals surface area contributed by atoms with Crippen molar-refractivity contribution in [3.63, 3.8) is 0 Å². The second kappa shape index (κ2) is 12.6. The van der Waals surface area contributed by atoms with Gasteiger partial charge in [0.1, 0.15) is 17.9 Å². The number of ether oxygens (including phenoxy) is 1. The maximum atomic E-state index is 13.2. The molecule has 0 bridgehead atoms. The van der Waals surface area contributed by atoms with Crippen LogP contribution in [-0.4, -0.2) is 57.6 Å². The minimum Gasteiger partial charge on any atom is -0.506 e. The Morgan fingerprint density at radius 1 is 1.11 bits per heavy atom. The van der Waals surface area contributed by atoms with E-state index in [-0.39, 0.29) is 29.2 Å². The number of benzene rings is 2. The molecule has 2 aromatic carbocycles. The molecule has 196 valence electrons. The van der Waals surface area contributed by atoms with Crippen LogP contribution in [0.3, 0.4) is 0 Å². The van der Waals surface area contributed by atoms with Gasteiger partial charge in [-0.2, -0.15) is 0 Å². The van der Waals surface area contributed by atoms with E-state index < -0.39 is 6.09 Å². The number of phenolic OH excluding ortho intramolecular Hbond substituents is 1. The molecular weight excluding hydrogens is 490 g/mol. The summed E-state index contributed by atoms with van der Waals surface area (Å²) in [5, 5.41) is 10.1. The van der Waals surface area contributed by atoms with Crippen molar-refractivity contribution in [3.05, 3.63) is 75.9 Å². The van der Waals surface area contributed by atoms with Gasteiger partial charge in [-0.1, -0.05) is 73.6 Å². The van der Waals surface area contributed by atoms with Crippen LogP contribution in [-0.2, 0) is 22.5 Å². The molecule has 9 heteroatoms. The average molecular weight is 524 g/mol.